The normalized spacial score (nSPS) is 28.5. The van der Waals surface area contributed by atoms with Gasteiger partial charge in [-0.1, -0.05) is 0 Å². The Morgan fingerprint density at radius 2 is 2.11 bits per heavy atom. The second-order valence-corrected chi connectivity index (χ2v) is 5.87. The predicted octanol–water partition coefficient (Wildman–Crippen LogP) is -0.323. The monoisotopic (exact) mass is 271 g/mol. The Morgan fingerprint density at radius 3 is 2.68 bits per heavy atom. The van der Waals surface area contributed by atoms with Gasteiger partial charge in [-0.3, -0.25) is 9.69 Å². The molecule has 0 aromatic carbocycles. The van der Waals surface area contributed by atoms with Crippen LogP contribution in [-0.2, 0) is 14.3 Å². The molecule has 110 valence electrons. The first kappa shape index (κ1) is 14.7. The standard InChI is InChI=1S/C13H25N3O3/c1-13(2)18-9-11(19-13)7-15-12(17)8-16-5-3-10(14)4-6-16/h10-11H,3-9,14H2,1-2H3,(H,15,17). The molecule has 2 aliphatic rings. The Kier molecular flexibility index (Phi) is 4.78. The van der Waals surface area contributed by atoms with Crippen molar-refractivity contribution in [3.63, 3.8) is 0 Å². The van der Waals surface area contributed by atoms with Crippen LogP contribution in [0.2, 0.25) is 0 Å². The van der Waals surface area contributed by atoms with Gasteiger partial charge in [-0.05, 0) is 26.7 Å². The lowest BCUT2D eigenvalue weighted by molar-refractivity contribution is -0.139. The molecule has 1 amide bonds. The van der Waals surface area contributed by atoms with E-state index >= 15 is 0 Å². The number of carbonyl (C=O) groups is 1. The third kappa shape index (κ3) is 4.72. The minimum atomic E-state index is -0.529. The number of likely N-dealkylation sites (tertiary alicyclic amines) is 1. The number of nitrogens with zero attached hydrogens (tertiary/aromatic N) is 1. The van der Waals surface area contributed by atoms with Crippen molar-refractivity contribution < 1.29 is 14.3 Å². The SMILES string of the molecule is CC1(C)OCC(CNC(=O)CN2CCC(N)CC2)O1. The smallest absolute Gasteiger partial charge is 0.234 e. The molecule has 6 heteroatoms. The molecule has 1 unspecified atom stereocenters. The van der Waals surface area contributed by atoms with E-state index in [-0.39, 0.29) is 12.0 Å². The van der Waals surface area contributed by atoms with Crippen LogP contribution in [0.1, 0.15) is 26.7 Å². The molecule has 0 spiro atoms. The highest BCUT2D eigenvalue weighted by atomic mass is 16.7. The van der Waals surface area contributed by atoms with E-state index in [1.165, 1.54) is 0 Å². The van der Waals surface area contributed by atoms with Crippen LogP contribution in [0.15, 0.2) is 0 Å². The Bertz CT molecular complexity index is 314. The zero-order valence-electron chi connectivity index (χ0n) is 11.9. The van der Waals surface area contributed by atoms with Gasteiger partial charge in [0.2, 0.25) is 5.91 Å². The first-order valence-corrected chi connectivity index (χ1v) is 7.01. The van der Waals surface area contributed by atoms with Crippen LogP contribution in [0.4, 0.5) is 0 Å². The van der Waals surface area contributed by atoms with Crippen molar-refractivity contribution in [3.8, 4) is 0 Å². The fraction of sp³-hybridized carbons (Fsp3) is 0.923. The Morgan fingerprint density at radius 1 is 1.42 bits per heavy atom. The Balaban J connectivity index is 1.62. The van der Waals surface area contributed by atoms with E-state index in [0.717, 1.165) is 25.9 Å². The summed E-state index contributed by atoms with van der Waals surface area (Å²) in [5.41, 5.74) is 5.84. The number of nitrogens with two attached hydrogens (primary N) is 1. The van der Waals surface area contributed by atoms with E-state index in [1.807, 2.05) is 13.8 Å². The molecule has 0 aromatic rings. The number of hydrogen-bond donors (Lipinski definition) is 2. The van der Waals surface area contributed by atoms with Gasteiger partial charge in [0.05, 0.1) is 13.2 Å². The van der Waals surface area contributed by atoms with E-state index < -0.39 is 5.79 Å². The number of carbonyl (C=O) groups excluding carboxylic acids is 1. The molecule has 0 saturated carbocycles. The summed E-state index contributed by atoms with van der Waals surface area (Å²) in [6.07, 6.45) is 1.90. The van der Waals surface area contributed by atoms with E-state index in [9.17, 15) is 4.79 Å². The first-order chi connectivity index (χ1) is 8.94. The lowest BCUT2D eigenvalue weighted by Crippen LogP contribution is -2.45. The van der Waals surface area contributed by atoms with Crippen molar-refractivity contribution in [2.45, 2.75) is 44.6 Å². The van der Waals surface area contributed by atoms with E-state index in [4.69, 9.17) is 15.2 Å². The van der Waals surface area contributed by atoms with Crippen LogP contribution in [0.25, 0.3) is 0 Å². The van der Waals surface area contributed by atoms with E-state index in [0.29, 0.717) is 25.7 Å². The first-order valence-electron chi connectivity index (χ1n) is 7.01. The topological polar surface area (TPSA) is 76.8 Å². The summed E-state index contributed by atoms with van der Waals surface area (Å²) in [4.78, 5) is 14.0. The van der Waals surface area contributed by atoms with Gasteiger partial charge in [-0.2, -0.15) is 0 Å². The molecule has 1 atom stereocenters. The molecule has 2 fully saturated rings. The Labute approximate surface area is 114 Å². The highest BCUT2D eigenvalue weighted by molar-refractivity contribution is 5.78. The van der Waals surface area contributed by atoms with Gasteiger partial charge >= 0.3 is 0 Å². The van der Waals surface area contributed by atoms with Crippen molar-refractivity contribution >= 4 is 5.91 Å². The summed E-state index contributed by atoms with van der Waals surface area (Å²) in [5.74, 6) is -0.484. The van der Waals surface area contributed by atoms with Gasteiger partial charge in [0.1, 0.15) is 6.10 Å². The third-order valence-electron chi connectivity index (χ3n) is 3.59. The zero-order chi connectivity index (χ0) is 13.9. The lowest BCUT2D eigenvalue weighted by Gasteiger charge is -2.29. The molecule has 2 rings (SSSR count). The average molecular weight is 271 g/mol. The van der Waals surface area contributed by atoms with Crippen LogP contribution >= 0.6 is 0 Å². The number of ether oxygens (including phenoxy) is 2. The van der Waals surface area contributed by atoms with Gasteiger partial charge in [-0.25, -0.2) is 0 Å². The molecule has 6 nitrogen and oxygen atoms in total. The minimum absolute atomic E-state index is 0.0452. The van der Waals surface area contributed by atoms with Crippen LogP contribution < -0.4 is 11.1 Å². The molecular weight excluding hydrogens is 246 g/mol. The second kappa shape index (κ2) is 6.17. The zero-order valence-corrected chi connectivity index (χ0v) is 11.9. The van der Waals surface area contributed by atoms with Crippen molar-refractivity contribution in [2.24, 2.45) is 5.73 Å². The molecule has 2 heterocycles. The van der Waals surface area contributed by atoms with Crippen molar-refractivity contribution in [2.75, 3.05) is 32.8 Å². The quantitative estimate of drug-likeness (QED) is 0.732. The largest absolute Gasteiger partial charge is 0.352 e. The van der Waals surface area contributed by atoms with Crippen LogP contribution in [0, 0.1) is 0 Å². The maximum atomic E-state index is 11.8. The van der Waals surface area contributed by atoms with Gasteiger partial charge < -0.3 is 20.5 Å². The summed E-state index contributed by atoms with van der Waals surface area (Å²) in [6.45, 7) is 7.07. The lowest BCUT2D eigenvalue weighted by atomic mass is 10.1. The van der Waals surface area contributed by atoms with Gasteiger partial charge in [0.25, 0.3) is 0 Å². The molecular formula is C13H25N3O3. The average Bonchev–Trinajstić information content (AvgIpc) is 2.69. The fourth-order valence-electron chi connectivity index (χ4n) is 2.46. The van der Waals surface area contributed by atoms with Gasteiger partial charge in [-0.15, -0.1) is 0 Å². The molecule has 0 radical (unpaired) electrons. The highest BCUT2D eigenvalue weighted by Gasteiger charge is 2.32. The van der Waals surface area contributed by atoms with E-state index in [2.05, 4.69) is 10.2 Å². The molecule has 0 aromatic heterocycles. The van der Waals surface area contributed by atoms with Crippen LogP contribution in [0.5, 0.6) is 0 Å². The minimum Gasteiger partial charge on any atom is -0.352 e. The number of piperidine rings is 1. The van der Waals surface area contributed by atoms with E-state index in [1.54, 1.807) is 0 Å². The van der Waals surface area contributed by atoms with Crippen molar-refractivity contribution in [1.82, 2.24) is 10.2 Å². The maximum Gasteiger partial charge on any atom is 0.234 e. The third-order valence-corrected chi connectivity index (χ3v) is 3.59. The molecule has 0 bridgehead atoms. The number of nitrogens with one attached hydrogen (secondary N) is 1. The summed E-state index contributed by atoms with van der Waals surface area (Å²) in [5, 5.41) is 2.90. The summed E-state index contributed by atoms with van der Waals surface area (Å²) >= 11 is 0. The second-order valence-electron chi connectivity index (χ2n) is 5.87. The predicted molar refractivity (Wildman–Crippen MR) is 71.6 cm³/mol. The summed E-state index contributed by atoms with van der Waals surface area (Å²) in [7, 11) is 0. The van der Waals surface area contributed by atoms with Crippen LogP contribution in [0.3, 0.4) is 0 Å². The molecule has 2 aliphatic heterocycles. The molecule has 0 aliphatic carbocycles. The number of amides is 1. The molecule has 19 heavy (non-hydrogen) atoms. The summed E-state index contributed by atoms with van der Waals surface area (Å²) in [6, 6.07) is 0.297. The maximum absolute atomic E-state index is 11.8. The Hall–Kier alpha value is -0.690. The van der Waals surface area contributed by atoms with Crippen molar-refractivity contribution in [3.05, 3.63) is 0 Å². The molecule has 3 N–H and O–H groups in total. The van der Waals surface area contributed by atoms with Gasteiger partial charge in [0, 0.05) is 25.7 Å². The number of rotatable bonds is 4. The molecule has 2 saturated heterocycles. The highest BCUT2D eigenvalue weighted by Crippen LogP contribution is 2.21. The summed E-state index contributed by atoms with van der Waals surface area (Å²) < 4.78 is 11.1. The van der Waals surface area contributed by atoms with Crippen molar-refractivity contribution in [1.29, 1.82) is 0 Å². The van der Waals surface area contributed by atoms with Gasteiger partial charge in [0.15, 0.2) is 5.79 Å². The number of hydrogen-bond acceptors (Lipinski definition) is 5. The van der Waals surface area contributed by atoms with Crippen LogP contribution in [-0.4, -0.2) is 61.5 Å². The fourth-order valence-corrected chi connectivity index (χ4v) is 2.46.